The lowest BCUT2D eigenvalue weighted by molar-refractivity contribution is -0.143. The molecule has 1 heterocycles. The first kappa shape index (κ1) is 16.5. The van der Waals surface area contributed by atoms with Gasteiger partial charge in [-0.2, -0.15) is 0 Å². The average Bonchev–Trinajstić information content (AvgIpc) is 2.35. The first-order chi connectivity index (χ1) is 8.70. The van der Waals surface area contributed by atoms with E-state index in [2.05, 4.69) is 20.8 Å². The predicted molar refractivity (Wildman–Crippen MR) is 79.1 cm³/mol. The number of ether oxygens (including phenoxy) is 1. The van der Waals surface area contributed by atoms with E-state index in [0.717, 1.165) is 25.9 Å². The quantitative estimate of drug-likeness (QED) is 0.782. The first-order valence-electron chi connectivity index (χ1n) is 7.62. The Bertz CT molecular complexity index is 296. The predicted octanol–water partition coefficient (Wildman–Crippen LogP) is 3.48. The summed E-state index contributed by atoms with van der Waals surface area (Å²) in [6, 6.07) is 0. The van der Waals surface area contributed by atoms with Crippen molar-refractivity contribution in [3.63, 3.8) is 0 Å². The van der Waals surface area contributed by atoms with Crippen LogP contribution in [0.1, 0.15) is 60.8 Å². The van der Waals surface area contributed by atoms with E-state index in [0.29, 0.717) is 11.3 Å². The summed E-state index contributed by atoms with van der Waals surface area (Å²) in [6.07, 6.45) is 3.47. The highest BCUT2D eigenvalue weighted by Crippen LogP contribution is 2.41. The zero-order chi connectivity index (χ0) is 14.7. The van der Waals surface area contributed by atoms with Crippen LogP contribution in [0.5, 0.6) is 0 Å². The van der Waals surface area contributed by atoms with Crippen molar-refractivity contribution in [1.82, 2.24) is 4.90 Å². The Kier molecular flexibility index (Phi) is 5.43. The lowest BCUT2D eigenvalue weighted by Gasteiger charge is -2.44. The van der Waals surface area contributed by atoms with Crippen LogP contribution in [0.25, 0.3) is 0 Å². The summed E-state index contributed by atoms with van der Waals surface area (Å²) in [5, 5.41) is 0. The van der Waals surface area contributed by atoms with Gasteiger partial charge in [-0.1, -0.05) is 27.2 Å². The Morgan fingerprint density at radius 1 is 1.26 bits per heavy atom. The lowest BCUT2D eigenvalue weighted by atomic mass is 9.68. The van der Waals surface area contributed by atoms with Crippen molar-refractivity contribution < 1.29 is 9.53 Å². The summed E-state index contributed by atoms with van der Waals surface area (Å²) in [7, 11) is 0. The maximum atomic E-state index is 12.1. The fraction of sp³-hybridized carbons (Fsp3) is 0.938. The molecule has 3 heteroatoms. The van der Waals surface area contributed by atoms with E-state index in [1.54, 1.807) is 0 Å². The fourth-order valence-corrected chi connectivity index (χ4v) is 2.91. The van der Waals surface area contributed by atoms with Gasteiger partial charge in [-0.15, -0.1) is 0 Å². The van der Waals surface area contributed by atoms with Gasteiger partial charge in [-0.05, 0) is 44.9 Å². The van der Waals surface area contributed by atoms with Crippen molar-refractivity contribution in [2.45, 2.75) is 66.4 Å². The van der Waals surface area contributed by atoms with E-state index in [-0.39, 0.29) is 18.1 Å². The van der Waals surface area contributed by atoms with Crippen molar-refractivity contribution in [2.24, 2.45) is 11.3 Å². The third kappa shape index (κ3) is 4.48. The molecule has 1 rings (SSSR count). The molecule has 0 radical (unpaired) electrons. The number of nitrogens with zero attached hydrogens (tertiary/aromatic N) is 1. The molecule has 0 atom stereocenters. The van der Waals surface area contributed by atoms with Crippen molar-refractivity contribution in [3.05, 3.63) is 0 Å². The van der Waals surface area contributed by atoms with E-state index in [4.69, 9.17) is 4.74 Å². The van der Waals surface area contributed by atoms with Gasteiger partial charge in [0.25, 0.3) is 0 Å². The van der Waals surface area contributed by atoms with E-state index in [1.165, 1.54) is 6.42 Å². The maximum Gasteiger partial charge on any atom is 0.248 e. The van der Waals surface area contributed by atoms with Crippen LogP contribution in [-0.2, 0) is 9.53 Å². The van der Waals surface area contributed by atoms with E-state index < -0.39 is 0 Å². The van der Waals surface area contributed by atoms with Crippen molar-refractivity contribution >= 4 is 5.91 Å². The molecule has 1 amide bonds. The molecule has 0 spiro atoms. The molecule has 0 bridgehead atoms. The normalized spacial score (nSPS) is 19.8. The molecular weight excluding hydrogens is 238 g/mol. The van der Waals surface area contributed by atoms with Crippen LogP contribution in [0, 0.1) is 11.3 Å². The molecule has 1 fully saturated rings. The van der Waals surface area contributed by atoms with Gasteiger partial charge in [0.05, 0.1) is 5.60 Å². The minimum atomic E-state index is -0.240. The van der Waals surface area contributed by atoms with Gasteiger partial charge in [0.2, 0.25) is 5.91 Å². The highest BCUT2D eigenvalue weighted by molar-refractivity contribution is 5.77. The number of hydrogen-bond acceptors (Lipinski definition) is 2. The van der Waals surface area contributed by atoms with Crippen LogP contribution in [0.3, 0.4) is 0 Å². The summed E-state index contributed by atoms with van der Waals surface area (Å²) in [5.41, 5.74) is 0.193. The van der Waals surface area contributed by atoms with Gasteiger partial charge < -0.3 is 9.64 Å². The standard InChI is InChI=1S/C16H31NO2/c1-7-16(13(2)3)8-10-17(11-9-16)14(18)12-19-15(4,5)6/h13H,7-12H2,1-6H3. The van der Waals surface area contributed by atoms with Crippen molar-refractivity contribution in [3.8, 4) is 0 Å². The summed E-state index contributed by atoms with van der Waals surface area (Å²) < 4.78 is 5.58. The maximum absolute atomic E-state index is 12.1. The molecule has 0 aromatic rings. The molecular formula is C16H31NO2. The molecule has 1 aliphatic heterocycles. The molecule has 0 saturated carbocycles. The van der Waals surface area contributed by atoms with E-state index in [9.17, 15) is 4.79 Å². The van der Waals surface area contributed by atoms with Gasteiger partial charge in [0, 0.05) is 13.1 Å². The van der Waals surface area contributed by atoms with Crippen LogP contribution < -0.4 is 0 Å². The molecule has 112 valence electrons. The van der Waals surface area contributed by atoms with Gasteiger partial charge in [0.15, 0.2) is 0 Å². The Morgan fingerprint density at radius 2 is 1.79 bits per heavy atom. The Balaban J connectivity index is 2.47. The second-order valence-corrected chi connectivity index (χ2v) is 7.15. The van der Waals surface area contributed by atoms with Crippen LogP contribution in [0.2, 0.25) is 0 Å². The summed E-state index contributed by atoms with van der Waals surface area (Å²) >= 11 is 0. The third-order valence-corrected chi connectivity index (χ3v) is 4.67. The summed E-state index contributed by atoms with van der Waals surface area (Å²) in [6.45, 7) is 14.8. The average molecular weight is 269 g/mol. The second-order valence-electron chi connectivity index (χ2n) is 7.15. The number of amides is 1. The SMILES string of the molecule is CCC1(C(C)C)CCN(C(=O)COC(C)(C)C)CC1. The fourth-order valence-electron chi connectivity index (χ4n) is 2.91. The molecule has 3 nitrogen and oxygen atoms in total. The molecule has 0 aliphatic carbocycles. The third-order valence-electron chi connectivity index (χ3n) is 4.67. The van der Waals surface area contributed by atoms with Gasteiger partial charge in [-0.3, -0.25) is 4.79 Å². The summed E-state index contributed by atoms with van der Waals surface area (Å²) in [4.78, 5) is 14.1. The van der Waals surface area contributed by atoms with Gasteiger partial charge in [-0.25, -0.2) is 0 Å². The smallest absolute Gasteiger partial charge is 0.248 e. The van der Waals surface area contributed by atoms with Gasteiger partial charge >= 0.3 is 0 Å². The molecule has 0 unspecified atom stereocenters. The molecule has 19 heavy (non-hydrogen) atoms. The van der Waals surface area contributed by atoms with Crippen molar-refractivity contribution in [1.29, 1.82) is 0 Å². The molecule has 1 saturated heterocycles. The van der Waals surface area contributed by atoms with E-state index >= 15 is 0 Å². The number of piperidine rings is 1. The highest BCUT2D eigenvalue weighted by atomic mass is 16.5. The number of rotatable bonds is 4. The molecule has 0 aromatic heterocycles. The van der Waals surface area contributed by atoms with E-state index in [1.807, 2.05) is 25.7 Å². The molecule has 0 N–H and O–H groups in total. The highest BCUT2D eigenvalue weighted by Gasteiger charge is 2.36. The number of carbonyl (C=O) groups excluding carboxylic acids is 1. The number of likely N-dealkylation sites (tertiary alicyclic amines) is 1. The van der Waals surface area contributed by atoms with Crippen LogP contribution in [0.15, 0.2) is 0 Å². The van der Waals surface area contributed by atoms with Crippen LogP contribution in [0.4, 0.5) is 0 Å². The topological polar surface area (TPSA) is 29.5 Å². The Labute approximate surface area is 118 Å². The minimum absolute atomic E-state index is 0.142. The zero-order valence-corrected chi connectivity index (χ0v) is 13.6. The second kappa shape index (κ2) is 6.25. The lowest BCUT2D eigenvalue weighted by Crippen LogP contribution is -2.46. The number of carbonyl (C=O) groups is 1. The zero-order valence-electron chi connectivity index (χ0n) is 13.6. The Morgan fingerprint density at radius 3 is 2.16 bits per heavy atom. The Hall–Kier alpha value is -0.570. The largest absolute Gasteiger partial charge is 0.366 e. The molecule has 0 aromatic carbocycles. The first-order valence-corrected chi connectivity index (χ1v) is 7.62. The minimum Gasteiger partial charge on any atom is -0.366 e. The van der Waals surface area contributed by atoms with Crippen LogP contribution in [-0.4, -0.2) is 36.1 Å². The number of hydrogen-bond donors (Lipinski definition) is 0. The molecule has 1 aliphatic rings. The summed E-state index contributed by atoms with van der Waals surface area (Å²) in [5.74, 6) is 0.837. The monoisotopic (exact) mass is 269 g/mol. The van der Waals surface area contributed by atoms with Crippen LogP contribution >= 0.6 is 0 Å². The van der Waals surface area contributed by atoms with Crippen molar-refractivity contribution in [2.75, 3.05) is 19.7 Å². The van der Waals surface area contributed by atoms with Gasteiger partial charge in [0.1, 0.15) is 6.61 Å².